The van der Waals surface area contributed by atoms with E-state index in [0.717, 1.165) is 6.07 Å². The molecule has 0 aliphatic heterocycles. The van der Waals surface area contributed by atoms with Gasteiger partial charge in [0.25, 0.3) is 5.91 Å². The van der Waals surface area contributed by atoms with Gasteiger partial charge in [0, 0.05) is 5.69 Å². The van der Waals surface area contributed by atoms with Crippen LogP contribution in [0.15, 0.2) is 48.5 Å². The number of carbonyl (C=O) groups excluding carboxylic acids is 2. The van der Waals surface area contributed by atoms with Gasteiger partial charge in [0.2, 0.25) is 0 Å². The summed E-state index contributed by atoms with van der Waals surface area (Å²) in [7, 11) is 0. The van der Waals surface area contributed by atoms with Crippen LogP contribution in [0.4, 0.5) is 10.1 Å². The predicted molar refractivity (Wildman–Crippen MR) is 92.1 cm³/mol. The van der Waals surface area contributed by atoms with Crippen LogP contribution >= 0.6 is 11.6 Å². The van der Waals surface area contributed by atoms with Gasteiger partial charge in [-0.15, -0.1) is 0 Å². The lowest BCUT2D eigenvalue weighted by molar-refractivity contribution is -0.154. The molecule has 2 aromatic carbocycles. The summed E-state index contributed by atoms with van der Waals surface area (Å²) in [6.07, 6.45) is -0.418. The quantitative estimate of drug-likeness (QED) is 0.757. The van der Waals surface area contributed by atoms with Crippen LogP contribution in [0.5, 0.6) is 5.75 Å². The summed E-state index contributed by atoms with van der Waals surface area (Å²) in [5.41, 5.74) is 0.306. The van der Waals surface area contributed by atoms with Gasteiger partial charge in [-0.05, 0) is 36.8 Å². The summed E-state index contributed by atoms with van der Waals surface area (Å²) in [5, 5.41) is 2.35. The van der Waals surface area contributed by atoms with Gasteiger partial charge in [-0.25, -0.2) is 9.18 Å². The van der Waals surface area contributed by atoms with E-state index in [0.29, 0.717) is 17.9 Å². The maximum absolute atomic E-state index is 13.1. The molecule has 1 amide bonds. The van der Waals surface area contributed by atoms with Crippen molar-refractivity contribution in [1.82, 2.24) is 0 Å². The van der Waals surface area contributed by atoms with Crippen molar-refractivity contribution >= 4 is 29.2 Å². The Morgan fingerprint density at radius 3 is 2.56 bits per heavy atom. The van der Waals surface area contributed by atoms with Crippen LogP contribution in [0.2, 0.25) is 5.02 Å². The number of carbonyl (C=O) groups is 2. The lowest BCUT2D eigenvalue weighted by Gasteiger charge is -2.16. The van der Waals surface area contributed by atoms with Crippen LogP contribution in [0.3, 0.4) is 0 Å². The Kier molecular flexibility index (Phi) is 6.77. The first kappa shape index (κ1) is 18.7. The van der Waals surface area contributed by atoms with Gasteiger partial charge in [0.1, 0.15) is 11.6 Å². The lowest BCUT2D eigenvalue weighted by Crippen LogP contribution is -2.31. The van der Waals surface area contributed by atoms with Gasteiger partial charge in [0.05, 0.1) is 5.02 Å². The van der Waals surface area contributed by atoms with Crippen LogP contribution in [0, 0.1) is 5.82 Å². The molecule has 0 radical (unpaired) electrons. The van der Waals surface area contributed by atoms with Crippen molar-refractivity contribution in [1.29, 1.82) is 0 Å². The second-order valence-electron chi connectivity index (χ2n) is 5.11. The van der Waals surface area contributed by atoms with Crippen molar-refractivity contribution in [2.75, 3.05) is 11.9 Å². The molecule has 0 unspecified atom stereocenters. The molecule has 0 bridgehead atoms. The van der Waals surface area contributed by atoms with E-state index in [9.17, 15) is 14.0 Å². The fourth-order valence-electron chi connectivity index (χ4n) is 1.96. The highest BCUT2D eigenvalue weighted by Crippen LogP contribution is 2.19. The van der Waals surface area contributed by atoms with Crippen molar-refractivity contribution in [3.8, 4) is 5.75 Å². The molecule has 0 aliphatic rings. The molecule has 25 heavy (non-hydrogen) atoms. The topological polar surface area (TPSA) is 64.6 Å². The Balaban J connectivity index is 1.84. The molecule has 0 saturated carbocycles. The molecule has 2 aromatic rings. The second-order valence-corrected chi connectivity index (χ2v) is 5.52. The Hall–Kier alpha value is -2.60. The molecule has 7 heteroatoms. The molecule has 132 valence electrons. The van der Waals surface area contributed by atoms with Crippen molar-refractivity contribution in [2.45, 2.75) is 19.4 Å². The molecular weight excluding hydrogens is 349 g/mol. The predicted octanol–water partition coefficient (Wildman–Crippen LogP) is 3.82. The number of amides is 1. The highest BCUT2D eigenvalue weighted by molar-refractivity contribution is 6.31. The number of halogens is 2. The fourth-order valence-corrected chi connectivity index (χ4v) is 2.14. The average molecular weight is 366 g/mol. The normalized spacial score (nSPS) is 11.5. The highest BCUT2D eigenvalue weighted by atomic mass is 35.5. The van der Waals surface area contributed by atoms with Crippen molar-refractivity contribution in [2.24, 2.45) is 0 Å². The lowest BCUT2D eigenvalue weighted by atomic mass is 10.2. The molecule has 0 saturated heterocycles. The third kappa shape index (κ3) is 5.76. The standard InChI is InChI=1S/C18H17ClFNO4/c1-2-16(25-13-6-4-3-5-7-13)18(23)24-11-17(22)21-12-8-9-15(20)14(19)10-12/h3-10,16H,2,11H2,1H3,(H,21,22)/t16-/m1/s1. The molecule has 2 rings (SSSR count). The number of rotatable bonds is 7. The Morgan fingerprint density at radius 1 is 1.20 bits per heavy atom. The zero-order valence-corrected chi connectivity index (χ0v) is 14.3. The van der Waals surface area contributed by atoms with E-state index < -0.39 is 30.4 Å². The minimum absolute atomic E-state index is 0.114. The maximum Gasteiger partial charge on any atom is 0.347 e. The van der Waals surface area contributed by atoms with E-state index >= 15 is 0 Å². The van der Waals surface area contributed by atoms with Gasteiger partial charge in [0.15, 0.2) is 12.7 Å². The molecule has 5 nitrogen and oxygen atoms in total. The number of benzene rings is 2. The van der Waals surface area contributed by atoms with Gasteiger partial charge in [-0.2, -0.15) is 0 Å². The van der Waals surface area contributed by atoms with E-state index in [-0.39, 0.29) is 5.02 Å². The molecular formula is C18H17ClFNO4. The van der Waals surface area contributed by atoms with Crippen LogP contribution in [0.1, 0.15) is 13.3 Å². The number of hydrogen-bond donors (Lipinski definition) is 1. The van der Waals surface area contributed by atoms with Gasteiger partial charge in [-0.1, -0.05) is 36.7 Å². The molecule has 0 fully saturated rings. The number of ether oxygens (including phenoxy) is 2. The van der Waals surface area contributed by atoms with E-state index in [2.05, 4.69) is 5.32 Å². The Bertz CT molecular complexity index is 739. The third-order valence-corrected chi connectivity index (χ3v) is 3.49. The van der Waals surface area contributed by atoms with E-state index in [1.807, 2.05) is 6.07 Å². The number of esters is 1. The summed E-state index contributed by atoms with van der Waals surface area (Å²) < 4.78 is 23.6. The Morgan fingerprint density at radius 2 is 1.92 bits per heavy atom. The smallest absolute Gasteiger partial charge is 0.347 e. The highest BCUT2D eigenvalue weighted by Gasteiger charge is 2.21. The molecule has 1 atom stereocenters. The maximum atomic E-state index is 13.1. The van der Waals surface area contributed by atoms with E-state index in [1.165, 1.54) is 12.1 Å². The first-order valence-electron chi connectivity index (χ1n) is 7.63. The number of hydrogen-bond acceptors (Lipinski definition) is 4. The van der Waals surface area contributed by atoms with Crippen molar-refractivity contribution in [3.63, 3.8) is 0 Å². The minimum Gasteiger partial charge on any atom is -0.479 e. The largest absolute Gasteiger partial charge is 0.479 e. The summed E-state index contributed by atoms with van der Waals surface area (Å²) >= 11 is 5.63. The molecule has 0 aliphatic carbocycles. The van der Waals surface area contributed by atoms with E-state index in [4.69, 9.17) is 21.1 Å². The summed E-state index contributed by atoms with van der Waals surface area (Å²) in [4.78, 5) is 23.9. The SMILES string of the molecule is CC[C@@H](Oc1ccccc1)C(=O)OCC(=O)Nc1ccc(F)c(Cl)c1. The van der Waals surface area contributed by atoms with Crippen LogP contribution in [0.25, 0.3) is 0 Å². The molecule has 0 spiro atoms. The molecule has 0 heterocycles. The number of anilines is 1. The van der Waals surface area contributed by atoms with Crippen LogP contribution in [-0.4, -0.2) is 24.6 Å². The average Bonchev–Trinajstić information content (AvgIpc) is 2.61. The second kappa shape index (κ2) is 9.03. The Labute approximate surface area is 149 Å². The zero-order valence-electron chi connectivity index (χ0n) is 13.5. The first-order chi connectivity index (χ1) is 12.0. The van der Waals surface area contributed by atoms with Crippen molar-refractivity contribution < 1.29 is 23.5 Å². The minimum atomic E-state index is -0.810. The summed E-state index contributed by atoms with van der Waals surface area (Å²) in [6, 6.07) is 12.6. The summed E-state index contributed by atoms with van der Waals surface area (Å²) in [6.45, 7) is 1.29. The first-order valence-corrected chi connectivity index (χ1v) is 8.00. The number of nitrogens with one attached hydrogen (secondary N) is 1. The molecule has 0 aromatic heterocycles. The van der Waals surface area contributed by atoms with E-state index in [1.54, 1.807) is 31.2 Å². The molecule has 1 N–H and O–H groups in total. The number of para-hydroxylation sites is 1. The third-order valence-electron chi connectivity index (χ3n) is 3.20. The monoisotopic (exact) mass is 365 g/mol. The van der Waals surface area contributed by atoms with Crippen LogP contribution in [-0.2, 0) is 14.3 Å². The van der Waals surface area contributed by atoms with Crippen LogP contribution < -0.4 is 10.1 Å². The van der Waals surface area contributed by atoms with Crippen molar-refractivity contribution in [3.05, 3.63) is 59.4 Å². The fraction of sp³-hybridized carbons (Fsp3) is 0.222. The zero-order chi connectivity index (χ0) is 18.2. The van der Waals surface area contributed by atoms with Gasteiger partial charge >= 0.3 is 5.97 Å². The van der Waals surface area contributed by atoms with Gasteiger partial charge in [-0.3, -0.25) is 4.79 Å². The summed E-state index contributed by atoms with van der Waals surface area (Å²) in [5.74, 6) is -1.25. The van der Waals surface area contributed by atoms with Gasteiger partial charge < -0.3 is 14.8 Å².